The van der Waals surface area contributed by atoms with E-state index in [2.05, 4.69) is 27.4 Å². The topological polar surface area (TPSA) is 56.7 Å². The quantitative estimate of drug-likeness (QED) is 0.729. The standard InChI is InChI=1S/C12H20N4O/c1-2-6-13-11-14-10(17)12(15-11)5-7-16(8-12)9-3-4-9/h9H,2-8H2,1H3,(H2,13,14,15,17). The van der Waals surface area contributed by atoms with Crippen LogP contribution in [0.25, 0.3) is 0 Å². The summed E-state index contributed by atoms with van der Waals surface area (Å²) in [5.74, 6) is 0.782. The van der Waals surface area contributed by atoms with Crippen LogP contribution in [0.4, 0.5) is 0 Å². The summed E-state index contributed by atoms with van der Waals surface area (Å²) in [5, 5.41) is 6.19. The van der Waals surface area contributed by atoms with Crippen molar-refractivity contribution in [2.24, 2.45) is 4.99 Å². The molecule has 2 heterocycles. The van der Waals surface area contributed by atoms with Crippen molar-refractivity contribution in [1.82, 2.24) is 15.5 Å². The molecule has 2 saturated heterocycles. The predicted molar refractivity (Wildman–Crippen MR) is 65.8 cm³/mol. The van der Waals surface area contributed by atoms with Crippen LogP contribution in [0.2, 0.25) is 0 Å². The van der Waals surface area contributed by atoms with Crippen molar-refractivity contribution in [3.05, 3.63) is 0 Å². The van der Waals surface area contributed by atoms with Gasteiger partial charge in [-0.2, -0.15) is 0 Å². The summed E-state index contributed by atoms with van der Waals surface area (Å²) in [7, 11) is 0. The number of likely N-dealkylation sites (tertiary alicyclic amines) is 1. The maximum atomic E-state index is 12.1. The largest absolute Gasteiger partial charge is 0.341 e. The van der Waals surface area contributed by atoms with Crippen LogP contribution in [-0.2, 0) is 4.79 Å². The fraction of sp³-hybridized carbons (Fsp3) is 0.833. The van der Waals surface area contributed by atoms with Gasteiger partial charge >= 0.3 is 0 Å². The van der Waals surface area contributed by atoms with E-state index in [-0.39, 0.29) is 5.91 Å². The van der Waals surface area contributed by atoms with E-state index < -0.39 is 5.54 Å². The molecule has 5 heteroatoms. The number of aliphatic imine (C=N–C) groups is 1. The first-order valence-corrected chi connectivity index (χ1v) is 6.62. The SMILES string of the molecule is CCCN=C1NC(=O)C2(CCN(C3CC3)C2)N1. The van der Waals surface area contributed by atoms with Gasteiger partial charge in [-0.1, -0.05) is 6.92 Å². The monoisotopic (exact) mass is 236 g/mol. The summed E-state index contributed by atoms with van der Waals surface area (Å²) in [6.07, 6.45) is 4.51. The van der Waals surface area contributed by atoms with E-state index in [4.69, 9.17) is 0 Å². The zero-order chi connectivity index (χ0) is 11.9. The second-order valence-corrected chi connectivity index (χ2v) is 5.34. The van der Waals surface area contributed by atoms with Crippen LogP contribution in [0.15, 0.2) is 4.99 Å². The molecule has 94 valence electrons. The van der Waals surface area contributed by atoms with E-state index >= 15 is 0 Å². The Balaban J connectivity index is 1.69. The average Bonchev–Trinajstić information content (AvgIpc) is 3.02. The van der Waals surface area contributed by atoms with E-state index in [9.17, 15) is 4.79 Å². The van der Waals surface area contributed by atoms with Gasteiger partial charge in [-0.15, -0.1) is 0 Å². The zero-order valence-corrected chi connectivity index (χ0v) is 10.3. The van der Waals surface area contributed by atoms with E-state index in [1.165, 1.54) is 12.8 Å². The number of rotatable bonds is 3. The molecule has 0 aromatic carbocycles. The maximum absolute atomic E-state index is 12.1. The Bertz CT molecular complexity index is 364. The number of guanidine groups is 1. The first kappa shape index (κ1) is 11.0. The molecule has 1 atom stereocenters. The Hall–Kier alpha value is -1.10. The normalized spacial score (nSPS) is 35.6. The maximum Gasteiger partial charge on any atom is 0.253 e. The molecule has 0 radical (unpaired) electrons. The van der Waals surface area contributed by atoms with Crippen molar-refractivity contribution < 1.29 is 4.79 Å². The fourth-order valence-electron chi connectivity index (χ4n) is 2.72. The highest BCUT2D eigenvalue weighted by atomic mass is 16.2. The van der Waals surface area contributed by atoms with Crippen LogP contribution in [0.3, 0.4) is 0 Å². The molecule has 1 aliphatic carbocycles. The second kappa shape index (κ2) is 3.98. The minimum absolute atomic E-state index is 0.107. The lowest BCUT2D eigenvalue weighted by atomic mass is 10.00. The molecule has 1 unspecified atom stereocenters. The van der Waals surface area contributed by atoms with Gasteiger partial charge in [0.25, 0.3) is 5.91 Å². The Labute approximate surface area is 102 Å². The number of nitrogens with one attached hydrogen (secondary N) is 2. The Morgan fingerprint density at radius 3 is 3.06 bits per heavy atom. The van der Waals surface area contributed by atoms with Gasteiger partial charge in [0.05, 0.1) is 0 Å². The molecule has 1 spiro atoms. The van der Waals surface area contributed by atoms with Gasteiger partial charge in [0.1, 0.15) is 5.54 Å². The highest BCUT2D eigenvalue weighted by Gasteiger charge is 2.51. The number of carbonyl (C=O) groups excluding carboxylic acids is 1. The highest BCUT2D eigenvalue weighted by molar-refractivity contribution is 6.09. The molecule has 0 aromatic rings. The third-order valence-corrected chi connectivity index (χ3v) is 3.88. The van der Waals surface area contributed by atoms with E-state index in [1.54, 1.807) is 0 Å². The number of hydrogen-bond donors (Lipinski definition) is 2. The third-order valence-electron chi connectivity index (χ3n) is 3.88. The van der Waals surface area contributed by atoms with Crippen molar-refractivity contribution in [3.63, 3.8) is 0 Å². The number of amides is 1. The Morgan fingerprint density at radius 2 is 2.35 bits per heavy atom. The smallest absolute Gasteiger partial charge is 0.253 e. The van der Waals surface area contributed by atoms with Crippen LogP contribution in [0.1, 0.15) is 32.6 Å². The lowest BCUT2D eigenvalue weighted by Crippen LogP contribution is -2.49. The van der Waals surface area contributed by atoms with Gasteiger partial charge in [0.15, 0.2) is 5.96 Å². The van der Waals surface area contributed by atoms with Gasteiger partial charge in [-0.3, -0.25) is 20.0 Å². The summed E-state index contributed by atoms with van der Waals surface area (Å²) >= 11 is 0. The van der Waals surface area contributed by atoms with Crippen LogP contribution in [-0.4, -0.2) is 48.0 Å². The molecular weight excluding hydrogens is 216 g/mol. The van der Waals surface area contributed by atoms with Crippen LogP contribution < -0.4 is 10.6 Å². The summed E-state index contributed by atoms with van der Waals surface area (Å²) in [6, 6.07) is 0.737. The Morgan fingerprint density at radius 1 is 1.53 bits per heavy atom. The van der Waals surface area contributed by atoms with E-state index in [0.29, 0.717) is 5.96 Å². The molecule has 2 aliphatic heterocycles. The molecule has 2 N–H and O–H groups in total. The number of nitrogens with zero attached hydrogens (tertiary/aromatic N) is 2. The van der Waals surface area contributed by atoms with Crippen molar-refractivity contribution in [2.75, 3.05) is 19.6 Å². The lowest BCUT2D eigenvalue weighted by molar-refractivity contribution is -0.123. The van der Waals surface area contributed by atoms with Gasteiger partial charge in [0, 0.05) is 25.7 Å². The number of hydrogen-bond acceptors (Lipinski definition) is 3. The molecule has 3 aliphatic rings. The summed E-state index contributed by atoms with van der Waals surface area (Å²) in [4.78, 5) is 18.9. The minimum atomic E-state index is -0.394. The molecule has 1 saturated carbocycles. The molecule has 3 fully saturated rings. The minimum Gasteiger partial charge on any atom is -0.341 e. The first-order chi connectivity index (χ1) is 8.23. The molecule has 1 amide bonds. The first-order valence-electron chi connectivity index (χ1n) is 6.62. The van der Waals surface area contributed by atoms with Crippen molar-refractivity contribution in [3.8, 4) is 0 Å². The zero-order valence-electron chi connectivity index (χ0n) is 10.3. The highest BCUT2D eigenvalue weighted by Crippen LogP contribution is 2.34. The Kier molecular flexibility index (Phi) is 2.58. The molecule has 5 nitrogen and oxygen atoms in total. The fourth-order valence-corrected chi connectivity index (χ4v) is 2.72. The third kappa shape index (κ3) is 1.92. The van der Waals surface area contributed by atoms with Crippen molar-refractivity contribution >= 4 is 11.9 Å². The van der Waals surface area contributed by atoms with Crippen LogP contribution in [0, 0.1) is 0 Å². The lowest BCUT2D eigenvalue weighted by Gasteiger charge is -2.21. The van der Waals surface area contributed by atoms with Crippen LogP contribution >= 0.6 is 0 Å². The van der Waals surface area contributed by atoms with Crippen molar-refractivity contribution in [1.29, 1.82) is 0 Å². The summed E-state index contributed by atoms with van der Waals surface area (Å²) < 4.78 is 0. The van der Waals surface area contributed by atoms with Crippen LogP contribution in [0.5, 0.6) is 0 Å². The second-order valence-electron chi connectivity index (χ2n) is 5.34. The molecule has 3 rings (SSSR count). The molecule has 0 aromatic heterocycles. The van der Waals surface area contributed by atoms with E-state index in [1.807, 2.05) is 0 Å². The van der Waals surface area contributed by atoms with Gasteiger partial charge in [0.2, 0.25) is 0 Å². The van der Waals surface area contributed by atoms with Gasteiger partial charge < -0.3 is 5.32 Å². The van der Waals surface area contributed by atoms with Gasteiger partial charge in [-0.05, 0) is 25.7 Å². The summed E-state index contributed by atoms with van der Waals surface area (Å²) in [6.45, 7) is 4.73. The summed E-state index contributed by atoms with van der Waals surface area (Å²) in [5.41, 5.74) is -0.394. The predicted octanol–water partition coefficient (Wildman–Crippen LogP) is 0.0787. The number of carbonyl (C=O) groups is 1. The molecule has 0 bridgehead atoms. The molecule has 17 heavy (non-hydrogen) atoms. The van der Waals surface area contributed by atoms with Crippen molar-refractivity contribution in [2.45, 2.75) is 44.2 Å². The van der Waals surface area contributed by atoms with E-state index in [0.717, 1.165) is 38.5 Å². The van der Waals surface area contributed by atoms with Gasteiger partial charge in [-0.25, -0.2) is 0 Å². The average molecular weight is 236 g/mol. The molecular formula is C12H20N4O.